The third-order valence-corrected chi connectivity index (χ3v) is 6.42. The van der Waals surface area contributed by atoms with Gasteiger partial charge < -0.3 is 25.4 Å². The van der Waals surface area contributed by atoms with Gasteiger partial charge in [-0.05, 0) is 82.7 Å². The lowest BCUT2D eigenvalue weighted by molar-refractivity contribution is -0.139. The smallest absolute Gasteiger partial charge is 0.326 e. The van der Waals surface area contributed by atoms with Gasteiger partial charge in [-0.3, -0.25) is 4.79 Å². The molecule has 3 rings (SSSR count). The molecule has 0 fully saturated rings. The van der Waals surface area contributed by atoms with Crippen LogP contribution in [0.5, 0.6) is 0 Å². The summed E-state index contributed by atoms with van der Waals surface area (Å²) in [6.07, 6.45) is 5.28. The van der Waals surface area contributed by atoms with Crippen LogP contribution in [0.25, 0.3) is 0 Å². The van der Waals surface area contributed by atoms with Gasteiger partial charge in [-0.2, -0.15) is 0 Å². The van der Waals surface area contributed by atoms with Crippen molar-refractivity contribution >= 4 is 17.7 Å². The third-order valence-electron chi connectivity index (χ3n) is 6.42. The van der Waals surface area contributed by atoms with Crippen molar-refractivity contribution in [2.24, 2.45) is 0 Å². The highest BCUT2D eigenvalue weighted by atomic mass is 19.1. The van der Waals surface area contributed by atoms with Crippen LogP contribution < -0.4 is 10.6 Å². The first-order valence-corrected chi connectivity index (χ1v) is 13.2. The molecule has 1 atom stereocenters. The summed E-state index contributed by atoms with van der Waals surface area (Å²) < 4.78 is 19.7. The van der Waals surface area contributed by atoms with Crippen LogP contribution in [0.15, 0.2) is 36.4 Å². The Morgan fingerprint density at radius 3 is 2.73 bits per heavy atom. The largest absolute Gasteiger partial charge is 0.480 e. The van der Waals surface area contributed by atoms with Gasteiger partial charge in [-0.25, -0.2) is 14.2 Å². The van der Waals surface area contributed by atoms with E-state index in [4.69, 9.17) is 9.72 Å². The fraction of sp³-hybridized carbons (Fsp3) is 0.536. The van der Waals surface area contributed by atoms with Crippen LogP contribution in [0.1, 0.15) is 61.1 Å². The van der Waals surface area contributed by atoms with Gasteiger partial charge in [-0.1, -0.05) is 18.2 Å². The van der Waals surface area contributed by atoms with E-state index in [-0.39, 0.29) is 18.1 Å². The van der Waals surface area contributed by atoms with Crippen LogP contribution in [0.3, 0.4) is 0 Å². The maximum Gasteiger partial charge on any atom is 0.326 e. The maximum absolute atomic E-state index is 14.0. The van der Waals surface area contributed by atoms with E-state index in [2.05, 4.69) is 27.7 Å². The van der Waals surface area contributed by atoms with Crippen molar-refractivity contribution < 1.29 is 23.8 Å². The molecule has 3 N–H and O–H groups in total. The molecule has 1 aromatic carbocycles. The van der Waals surface area contributed by atoms with Crippen LogP contribution in [-0.2, 0) is 22.4 Å². The molecule has 0 spiro atoms. The summed E-state index contributed by atoms with van der Waals surface area (Å²) in [5.74, 6) is -1.54. The molecule has 1 aromatic heterocycles. The molecular weight excluding hydrogens is 475 g/mol. The van der Waals surface area contributed by atoms with Crippen molar-refractivity contribution in [3.8, 4) is 0 Å². The van der Waals surface area contributed by atoms with Crippen molar-refractivity contribution in [3.63, 3.8) is 0 Å². The van der Waals surface area contributed by atoms with Gasteiger partial charge in [0.15, 0.2) is 0 Å². The molecule has 1 amide bonds. The van der Waals surface area contributed by atoms with Crippen LogP contribution in [0.4, 0.5) is 10.2 Å². The first kappa shape index (κ1) is 28.5. The number of fused-ring (bicyclic) bond motifs is 1. The summed E-state index contributed by atoms with van der Waals surface area (Å²) in [6, 6.07) is 8.70. The normalized spacial score (nSPS) is 13.8. The molecule has 2 heterocycles. The average Bonchev–Trinajstić information content (AvgIpc) is 2.88. The molecule has 1 aliphatic rings. The SMILES string of the molecule is CC(C)OCCN(CCCCc1ccc2c(n1)NCCC2)CCC(NC(=O)c1ccccc1F)C(=O)O. The predicted octanol–water partition coefficient (Wildman–Crippen LogP) is 3.90. The molecule has 37 heavy (non-hydrogen) atoms. The van der Waals surface area contributed by atoms with Gasteiger partial charge in [0.2, 0.25) is 0 Å². The molecule has 0 saturated heterocycles. The second kappa shape index (κ2) is 14.6. The number of nitrogens with zero attached hydrogens (tertiary/aromatic N) is 2. The van der Waals surface area contributed by atoms with E-state index >= 15 is 0 Å². The third kappa shape index (κ3) is 9.40. The minimum Gasteiger partial charge on any atom is -0.480 e. The number of rotatable bonds is 15. The van der Waals surface area contributed by atoms with Crippen molar-refractivity contribution in [1.29, 1.82) is 0 Å². The number of carbonyl (C=O) groups is 2. The van der Waals surface area contributed by atoms with Gasteiger partial charge >= 0.3 is 5.97 Å². The Labute approximate surface area is 218 Å². The first-order chi connectivity index (χ1) is 17.8. The Balaban J connectivity index is 1.51. The zero-order valence-corrected chi connectivity index (χ0v) is 21.8. The summed E-state index contributed by atoms with van der Waals surface area (Å²) in [5, 5.41) is 15.5. The Morgan fingerprint density at radius 1 is 1.16 bits per heavy atom. The van der Waals surface area contributed by atoms with Gasteiger partial charge in [0.05, 0.1) is 18.3 Å². The van der Waals surface area contributed by atoms with E-state index in [0.717, 1.165) is 56.7 Å². The molecule has 2 aromatic rings. The Hall–Kier alpha value is -3.04. The molecule has 0 radical (unpaired) electrons. The van der Waals surface area contributed by atoms with E-state index < -0.39 is 23.7 Å². The monoisotopic (exact) mass is 514 g/mol. The summed E-state index contributed by atoms with van der Waals surface area (Å²) in [5.41, 5.74) is 2.19. The number of pyridine rings is 1. The van der Waals surface area contributed by atoms with Crippen molar-refractivity contribution in [1.82, 2.24) is 15.2 Å². The molecule has 1 unspecified atom stereocenters. The quantitative estimate of drug-likeness (QED) is 0.310. The number of anilines is 1. The molecule has 1 aliphatic heterocycles. The number of hydrogen-bond donors (Lipinski definition) is 3. The number of nitrogens with one attached hydrogen (secondary N) is 2. The molecule has 9 heteroatoms. The van der Waals surface area contributed by atoms with Crippen molar-refractivity contribution in [2.75, 3.05) is 38.1 Å². The lowest BCUT2D eigenvalue weighted by Gasteiger charge is -2.25. The molecule has 0 aliphatic carbocycles. The van der Waals surface area contributed by atoms with E-state index in [1.54, 1.807) is 6.07 Å². The van der Waals surface area contributed by atoms with E-state index in [1.807, 2.05) is 13.8 Å². The number of unbranched alkanes of at least 4 members (excludes halogenated alkanes) is 1. The van der Waals surface area contributed by atoms with Crippen LogP contribution in [0.2, 0.25) is 0 Å². The predicted molar refractivity (Wildman–Crippen MR) is 141 cm³/mol. The number of carboxylic acids is 1. The number of ether oxygens (including phenoxy) is 1. The number of carboxylic acid groups (broad SMARTS) is 1. The van der Waals surface area contributed by atoms with Crippen LogP contribution >= 0.6 is 0 Å². The van der Waals surface area contributed by atoms with Gasteiger partial charge in [0.25, 0.3) is 5.91 Å². The lowest BCUT2D eigenvalue weighted by Crippen LogP contribution is -2.44. The number of aromatic nitrogens is 1. The van der Waals surface area contributed by atoms with Crippen molar-refractivity contribution in [2.45, 2.75) is 64.5 Å². The Bertz CT molecular complexity index is 1030. The highest BCUT2D eigenvalue weighted by molar-refractivity contribution is 5.96. The summed E-state index contributed by atoms with van der Waals surface area (Å²) in [4.78, 5) is 31.2. The van der Waals surface area contributed by atoms with Gasteiger partial charge in [0, 0.05) is 25.3 Å². The molecule has 202 valence electrons. The number of carbonyl (C=O) groups excluding carboxylic acids is 1. The number of hydrogen-bond acceptors (Lipinski definition) is 6. The number of aliphatic carboxylic acids is 1. The lowest BCUT2D eigenvalue weighted by atomic mass is 10.1. The van der Waals surface area contributed by atoms with Crippen molar-refractivity contribution in [3.05, 3.63) is 59.0 Å². The maximum atomic E-state index is 14.0. The van der Waals surface area contributed by atoms with Crippen LogP contribution in [0, 0.1) is 5.82 Å². The average molecular weight is 515 g/mol. The zero-order valence-electron chi connectivity index (χ0n) is 21.8. The molecular formula is C28H39FN4O4. The number of halogens is 1. The van der Waals surface area contributed by atoms with E-state index in [0.29, 0.717) is 19.7 Å². The minimum absolute atomic E-state index is 0.109. The van der Waals surface area contributed by atoms with E-state index in [9.17, 15) is 19.1 Å². The second-order valence-electron chi connectivity index (χ2n) is 9.69. The molecule has 0 saturated carbocycles. The van der Waals surface area contributed by atoms with E-state index in [1.165, 1.54) is 23.8 Å². The summed E-state index contributed by atoms with van der Waals surface area (Å²) >= 11 is 0. The standard InChI is InChI=1S/C28H39FN4O4/c1-20(2)37-19-18-33(16-6-5-9-22-13-12-21-8-7-15-30-26(21)31-22)17-14-25(28(35)36)32-27(34)23-10-3-4-11-24(23)29/h3-4,10-13,20,25H,5-9,14-19H2,1-2H3,(H,30,31)(H,32,34)(H,35,36). The number of amides is 1. The summed E-state index contributed by atoms with van der Waals surface area (Å²) in [7, 11) is 0. The Morgan fingerprint density at radius 2 is 1.97 bits per heavy atom. The fourth-order valence-corrected chi connectivity index (χ4v) is 4.35. The highest BCUT2D eigenvalue weighted by Crippen LogP contribution is 2.20. The number of aryl methyl sites for hydroxylation is 2. The van der Waals surface area contributed by atoms with Gasteiger partial charge in [0.1, 0.15) is 17.7 Å². The molecule has 0 bridgehead atoms. The highest BCUT2D eigenvalue weighted by Gasteiger charge is 2.23. The first-order valence-electron chi connectivity index (χ1n) is 13.2. The number of benzene rings is 1. The van der Waals surface area contributed by atoms with Gasteiger partial charge in [-0.15, -0.1) is 0 Å². The topological polar surface area (TPSA) is 104 Å². The second-order valence-corrected chi connectivity index (χ2v) is 9.69. The summed E-state index contributed by atoms with van der Waals surface area (Å²) in [6.45, 7) is 7.36. The minimum atomic E-state index is -1.14. The Kier molecular flexibility index (Phi) is 11.3. The van der Waals surface area contributed by atoms with Crippen LogP contribution in [-0.4, -0.2) is 71.8 Å². The zero-order chi connectivity index (χ0) is 26.6. The fourth-order valence-electron chi connectivity index (χ4n) is 4.35. The molecule has 8 nitrogen and oxygen atoms in total.